The molecule has 2 aromatic rings. The molecule has 6 heteroatoms. The van der Waals surface area contributed by atoms with Crippen molar-refractivity contribution in [2.75, 3.05) is 39.4 Å². The Hall–Kier alpha value is -1.82. The Morgan fingerprint density at radius 2 is 1.88 bits per heavy atom. The van der Waals surface area contributed by atoms with Crippen LogP contribution in [0.25, 0.3) is 11.3 Å². The van der Waals surface area contributed by atoms with Gasteiger partial charge in [-0.3, -0.25) is 9.69 Å². The van der Waals surface area contributed by atoms with Crippen LogP contribution in [0.1, 0.15) is 23.4 Å². The third kappa shape index (κ3) is 3.65. The van der Waals surface area contributed by atoms with Crippen molar-refractivity contribution in [3.63, 3.8) is 0 Å². The van der Waals surface area contributed by atoms with Gasteiger partial charge in [0.2, 0.25) is 0 Å². The van der Waals surface area contributed by atoms with Gasteiger partial charge in [0, 0.05) is 37.8 Å². The standard InChI is InChI=1S/C20H23ClN2O3/c21-17-6-2-1-5-16(17)18-7-8-19(26-18)20(24)23-9-3-4-15(14-23)22-10-12-25-13-11-22/h1-2,5-8,15H,3-4,9-14H2/t15-/m1/s1. The van der Waals surface area contributed by atoms with Crippen molar-refractivity contribution in [2.45, 2.75) is 18.9 Å². The topological polar surface area (TPSA) is 45.9 Å². The average Bonchev–Trinajstić information content (AvgIpc) is 3.18. The first kappa shape index (κ1) is 17.6. The fourth-order valence-corrected chi connectivity index (χ4v) is 4.02. The molecular weight excluding hydrogens is 352 g/mol. The van der Waals surface area contributed by atoms with E-state index in [4.69, 9.17) is 20.8 Å². The molecule has 1 amide bonds. The molecule has 0 saturated carbocycles. The van der Waals surface area contributed by atoms with Crippen LogP contribution in [-0.4, -0.2) is 61.1 Å². The second-order valence-corrected chi connectivity index (χ2v) is 7.25. The van der Waals surface area contributed by atoms with E-state index in [9.17, 15) is 4.79 Å². The zero-order valence-electron chi connectivity index (χ0n) is 14.7. The Bertz CT molecular complexity index is 770. The predicted octanol–water partition coefficient (Wildman–Crippen LogP) is 3.54. The van der Waals surface area contributed by atoms with Gasteiger partial charge in [-0.05, 0) is 37.1 Å². The van der Waals surface area contributed by atoms with E-state index in [2.05, 4.69) is 4.90 Å². The summed E-state index contributed by atoms with van der Waals surface area (Å²) >= 11 is 6.23. The normalized spacial score (nSPS) is 21.7. The molecule has 26 heavy (non-hydrogen) atoms. The zero-order chi connectivity index (χ0) is 17.9. The number of carbonyl (C=O) groups is 1. The monoisotopic (exact) mass is 374 g/mol. The smallest absolute Gasteiger partial charge is 0.289 e. The highest BCUT2D eigenvalue weighted by molar-refractivity contribution is 6.33. The third-order valence-electron chi connectivity index (χ3n) is 5.20. The number of benzene rings is 1. The molecule has 2 saturated heterocycles. The minimum Gasteiger partial charge on any atom is -0.451 e. The number of ether oxygens (including phenoxy) is 1. The highest BCUT2D eigenvalue weighted by atomic mass is 35.5. The third-order valence-corrected chi connectivity index (χ3v) is 5.53. The van der Waals surface area contributed by atoms with Crippen molar-refractivity contribution in [1.29, 1.82) is 0 Å². The Morgan fingerprint density at radius 1 is 1.08 bits per heavy atom. The molecule has 3 heterocycles. The number of nitrogens with zero attached hydrogens (tertiary/aromatic N) is 2. The summed E-state index contributed by atoms with van der Waals surface area (Å²) in [5.41, 5.74) is 0.804. The van der Waals surface area contributed by atoms with Crippen LogP contribution in [0.2, 0.25) is 5.02 Å². The van der Waals surface area contributed by atoms with Crippen LogP contribution in [0.15, 0.2) is 40.8 Å². The number of hydrogen-bond donors (Lipinski definition) is 0. The number of likely N-dealkylation sites (tertiary alicyclic amines) is 1. The molecule has 138 valence electrons. The van der Waals surface area contributed by atoms with Crippen LogP contribution in [-0.2, 0) is 4.74 Å². The average molecular weight is 375 g/mol. The van der Waals surface area contributed by atoms with Crippen molar-refractivity contribution in [3.05, 3.63) is 47.2 Å². The molecule has 2 fully saturated rings. The highest BCUT2D eigenvalue weighted by Gasteiger charge is 2.30. The minimum absolute atomic E-state index is 0.0405. The van der Waals surface area contributed by atoms with Gasteiger partial charge in [-0.15, -0.1) is 0 Å². The molecule has 0 unspecified atom stereocenters. The molecule has 5 nitrogen and oxygen atoms in total. The lowest BCUT2D eigenvalue weighted by atomic mass is 10.0. The fraction of sp³-hybridized carbons (Fsp3) is 0.450. The molecule has 0 N–H and O–H groups in total. The van der Waals surface area contributed by atoms with Crippen LogP contribution in [0.4, 0.5) is 0 Å². The Morgan fingerprint density at radius 3 is 2.69 bits per heavy atom. The highest BCUT2D eigenvalue weighted by Crippen LogP contribution is 2.30. The molecule has 4 rings (SSSR count). The first-order valence-electron chi connectivity index (χ1n) is 9.18. The number of piperidine rings is 1. The van der Waals surface area contributed by atoms with Crippen LogP contribution >= 0.6 is 11.6 Å². The van der Waals surface area contributed by atoms with E-state index in [0.717, 1.165) is 57.8 Å². The summed E-state index contributed by atoms with van der Waals surface area (Å²) in [5, 5.41) is 0.617. The van der Waals surface area contributed by atoms with Crippen molar-refractivity contribution < 1.29 is 13.9 Å². The SMILES string of the molecule is O=C(c1ccc(-c2ccccc2Cl)o1)N1CCC[C@@H](N2CCOCC2)C1. The number of carbonyl (C=O) groups excluding carboxylic acids is 1. The van der Waals surface area contributed by atoms with E-state index in [0.29, 0.717) is 22.6 Å². The largest absolute Gasteiger partial charge is 0.451 e. The predicted molar refractivity (Wildman–Crippen MR) is 100 cm³/mol. The van der Waals surface area contributed by atoms with Gasteiger partial charge in [-0.2, -0.15) is 0 Å². The van der Waals surface area contributed by atoms with E-state index in [1.54, 1.807) is 6.07 Å². The summed E-state index contributed by atoms with van der Waals surface area (Å²) in [5.74, 6) is 0.962. The molecule has 2 aliphatic heterocycles. The van der Waals surface area contributed by atoms with Crippen molar-refractivity contribution in [1.82, 2.24) is 9.80 Å². The lowest BCUT2D eigenvalue weighted by Crippen LogP contribution is -2.52. The van der Waals surface area contributed by atoms with E-state index in [1.165, 1.54) is 0 Å². The minimum atomic E-state index is -0.0405. The summed E-state index contributed by atoms with van der Waals surface area (Å²) in [4.78, 5) is 17.3. The molecule has 0 bridgehead atoms. The molecule has 0 spiro atoms. The number of furan rings is 1. The van der Waals surface area contributed by atoms with Crippen molar-refractivity contribution in [2.24, 2.45) is 0 Å². The second kappa shape index (κ2) is 7.82. The lowest BCUT2D eigenvalue weighted by Gasteiger charge is -2.40. The zero-order valence-corrected chi connectivity index (χ0v) is 15.5. The summed E-state index contributed by atoms with van der Waals surface area (Å²) in [6, 6.07) is 11.5. The fourth-order valence-electron chi connectivity index (χ4n) is 3.79. The second-order valence-electron chi connectivity index (χ2n) is 6.84. The van der Waals surface area contributed by atoms with Gasteiger partial charge in [0.15, 0.2) is 5.76 Å². The maximum Gasteiger partial charge on any atom is 0.289 e. The van der Waals surface area contributed by atoms with E-state index >= 15 is 0 Å². The summed E-state index contributed by atoms with van der Waals surface area (Å²) < 4.78 is 11.3. The van der Waals surface area contributed by atoms with E-state index < -0.39 is 0 Å². The van der Waals surface area contributed by atoms with E-state index in [-0.39, 0.29) is 5.91 Å². The van der Waals surface area contributed by atoms with Gasteiger partial charge in [-0.25, -0.2) is 0 Å². The van der Waals surface area contributed by atoms with Crippen LogP contribution in [0.5, 0.6) is 0 Å². The van der Waals surface area contributed by atoms with Crippen molar-refractivity contribution >= 4 is 17.5 Å². The quantitative estimate of drug-likeness (QED) is 0.824. The maximum atomic E-state index is 12.9. The summed E-state index contributed by atoms with van der Waals surface area (Å²) in [6.07, 6.45) is 2.15. The molecule has 0 radical (unpaired) electrons. The van der Waals surface area contributed by atoms with Crippen LogP contribution < -0.4 is 0 Å². The van der Waals surface area contributed by atoms with Gasteiger partial charge in [0.05, 0.1) is 18.2 Å². The Labute approximate surface area is 158 Å². The Balaban J connectivity index is 1.46. The molecule has 2 aliphatic rings. The van der Waals surface area contributed by atoms with Gasteiger partial charge in [0.1, 0.15) is 5.76 Å². The van der Waals surface area contributed by atoms with E-state index in [1.807, 2.05) is 35.2 Å². The maximum absolute atomic E-state index is 12.9. The molecule has 1 aromatic carbocycles. The van der Waals surface area contributed by atoms with Crippen LogP contribution in [0, 0.1) is 0 Å². The molecule has 1 atom stereocenters. The van der Waals surface area contributed by atoms with Gasteiger partial charge < -0.3 is 14.1 Å². The van der Waals surface area contributed by atoms with Crippen molar-refractivity contribution in [3.8, 4) is 11.3 Å². The first-order valence-corrected chi connectivity index (χ1v) is 9.56. The summed E-state index contributed by atoms with van der Waals surface area (Å²) in [6.45, 7) is 4.99. The van der Waals surface area contributed by atoms with Gasteiger partial charge in [0.25, 0.3) is 5.91 Å². The van der Waals surface area contributed by atoms with Gasteiger partial charge >= 0.3 is 0 Å². The number of hydrogen-bond acceptors (Lipinski definition) is 4. The first-order chi connectivity index (χ1) is 12.7. The molecule has 0 aliphatic carbocycles. The number of morpholine rings is 1. The number of halogens is 1. The van der Waals surface area contributed by atoms with Gasteiger partial charge in [-0.1, -0.05) is 23.7 Å². The molecular formula is C20H23ClN2O3. The summed E-state index contributed by atoms with van der Waals surface area (Å²) in [7, 11) is 0. The molecule has 1 aromatic heterocycles. The Kier molecular flexibility index (Phi) is 5.29. The lowest BCUT2D eigenvalue weighted by molar-refractivity contribution is -0.00163. The number of amides is 1. The van der Waals surface area contributed by atoms with Crippen LogP contribution in [0.3, 0.4) is 0 Å². The number of rotatable bonds is 3.